The number of benzene rings is 2. The van der Waals surface area contributed by atoms with Gasteiger partial charge in [0.25, 0.3) is 5.91 Å². The summed E-state index contributed by atoms with van der Waals surface area (Å²) in [6.45, 7) is 0. The van der Waals surface area contributed by atoms with Crippen LogP contribution in [0.15, 0.2) is 60.7 Å². The molecule has 3 aliphatic rings. The van der Waals surface area contributed by atoms with Crippen molar-refractivity contribution in [1.82, 2.24) is 0 Å². The third-order valence-corrected chi connectivity index (χ3v) is 4.55. The van der Waals surface area contributed by atoms with Gasteiger partial charge in [0.05, 0.1) is 5.69 Å². The summed E-state index contributed by atoms with van der Waals surface area (Å²) >= 11 is 0. The number of anilines is 1. The highest BCUT2D eigenvalue weighted by atomic mass is 16.5. The van der Waals surface area contributed by atoms with Crippen molar-refractivity contribution in [2.75, 3.05) is 4.90 Å². The first-order chi connectivity index (χ1) is 10.7. The molecular weight excluding hydrogens is 278 g/mol. The smallest absolute Gasteiger partial charge is 0.261 e. The molecule has 5 rings (SSSR count). The lowest BCUT2D eigenvalue weighted by Gasteiger charge is -2.33. The van der Waals surface area contributed by atoms with Gasteiger partial charge in [-0.1, -0.05) is 30.3 Å². The van der Waals surface area contributed by atoms with Crippen molar-refractivity contribution in [3.8, 4) is 0 Å². The molecule has 0 saturated carbocycles. The van der Waals surface area contributed by atoms with E-state index in [-0.39, 0.29) is 11.7 Å². The highest BCUT2D eigenvalue weighted by Crippen LogP contribution is 2.50. The normalized spacial score (nSPS) is 27.5. The molecule has 0 N–H and O–H groups in total. The summed E-state index contributed by atoms with van der Waals surface area (Å²) < 4.78 is 6.07. The van der Waals surface area contributed by atoms with Crippen LogP contribution in [0.4, 0.5) is 5.69 Å². The fourth-order valence-corrected chi connectivity index (χ4v) is 3.60. The van der Waals surface area contributed by atoms with E-state index in [1.165, 1.54) is 0 Å². The van der Waals surface area contributed by atoms with Crippen molar-refractivity contribution < 1.29 is 14.3 Å². The summed E-state index contributed by atoms with van der Waals surface area (Å²) in [5.41, 5.74) is 1.56. The van der Waals surface area contributed by atoms with Crippen molar-refractivity contribution in [1.29, 1.82) is 0 Å². The van der Waals surface area contributed by atoms with Gasteiger partial charge in [-0.3, -0.25) is 14.5 Å². The third-order valence-electron chi connectivity index (χ3n) is 4.55. The topological polar surface area (TPSA) is 46.6 Å². The van der Waals surface area contributed by atoms with Gasteiger partial charge >= 0.3 is 0 Å². The summed E-state index contributed by atoms with van der Waals surface area (Å²) in [5.74, 6) is -0.244. The van der Waals surface area contributed by atoms with E-state index in [1.807, 2.05) is 30.3 Å². The predicted octanol–water partition coefficient (Wildman–Crippen LogP) is 2.65. The first kappa shape index (κ1) is 11.9. The Hall–Kier alpha value is -2.72. The highest BCUT2D eigenvalue weighted by Gasteiger charge is 2.56. The Kier molecular flexibility index (Phi) is 2.01. The minimum atomic E-state index is -0.999. The third kappa shape index (κ3) is 1.18. The van der Waals surface area contributed by atoms with E-state index in [1.54, 1.807) is 35.2 Å². The predicted molar refractivity (Wildman–Crippen MR) is 79.7 cm³/mol. The second-order valence-electron chi connectivity index (χ2n) is 5.66. The molecule has 0 radical (unpaired) electrons. The van der Waals surface area contributed by atoms with Crippen molar-refractivity contribution in [3.05, 3.63) is 77.4 Å². The number of ketones is 1. The number of hydrogen-bond acceptors (Lipinski definition) is 3. The van der Waals surface area contributed by atoms with Crippen LogP contribution in [0.2, 0.25) is 0 Å². The number of fused-ring (bicyclic) bond motifs is 4. The molecule has 0 unspecified atom stereocenters. The maximum Gasteiger partial charge on any atom is 0.261 e. The largest absolute Gasteiger partial charge is 0.332 e. The zero-order valence-electron chi connectivity index (χ0n) is 11.5. The first-order valence-electron chi connectivity index (χ1n) is 7.17. The number of amides is 1. The summed E-state index contributed by atoms with van der Waals surface area (Å²) in [6, 6.07) is 14.6. The molecular formula is C18H11NO3. The molecule has 1 spiro atoms. The van der Waals surface area contributed by atoms with E-state index in [0.717, 1.165) is 5.56 Å². The zero-order valence-corrected chi connectivity index (χ0v) is 11.5. The highest BCUT2D eigenvalue weighted by molar-refractivity contribution is 6.17. The van der Waals surface area contributed by atoms with Crippen LogP contribution < -0.4 is 4.90 Å². The van der Waals surface area contributed by atoms with Crippen LogP contribution in [0.3, 0.4) is 0 Å². The molecule has 3 heterocycles. The minimum absolute atomic E-state index is 0.108. The van der Waals surface area contributed by atoms with Gasteiger partial charge in [-0.25, -0.2) is 0 Å². The molecule has 0 aliphatic carbocycles. The molecule has 4 nitrogen and oxygen atoms in total. The molecule has 2 aromatic carbocycles. The molecule has 4 heteroatoms. The van der Waals surface area contributed by atoms with Crippen molar-refractivity contribution in [3.63, 3.8) is 0 Å². The Morgan fingerprint density at radius 3 is 2.55 bits per heavy atom. The van der Waals surface area contributed by atoms with Crippen LogP contribution in [0.1, 0.15) is 26.3 Å². The average Bonchev–Trinajstić information content (AvgIpc) is 3.06. The van der Waals surface area contributed by atoms with Gasteiger partial charge < -0.3 is 4.74 Å². The molecule has 1 amide bonds. The fraction of sp³-hybridized carbons (Fsp3) is 0.111. The number of carbonyl (C=O) groups excluding carboxylic acids is 2. The number of rotatable bonds is 0. The van der Waals surface area contributed by atoms with E-state index in [0.29, 0.717) is 16.8 Å². The van der Waals surface area contributed by atoms with E-state index in [4.69, 9.17) is 4.74 Å². The molecule has 0 saturated heterocycles. The van der Waals surface area contributed by atoms with Gasteiger partial charge in [-0.05, 0) is 30.4 Å². The molecule has 106 valence electrons. The summed E-state index contributed by atoms with van der Waals surface area (Å²) in [7, 11) is 0. The SMILES string of the molecule is O=C1c2ccccc2N2C(=O)c3ccccc3[C@@]23C=C[C@@H]1O3. The quantitative estimate of drug-likeness (QED) is 0.700. The Morgan fingerprint density at radius 1 is 0.955 bits per heavy atom. The zero-order chi connectivity index (χ0) is 14.9. The van der Waals surface area contributed by atoms with E-state index in [2.05, 4.69) is 0 Å². The number of ether oxygens (including phenoxy) is 1. The van der Waals surface area contributed by atoms with Crippen LogP contribution in [0.25, 0.3) is 0 Å². The number of carbonyl (C=O) groups is 2. The lowest BCUT2D eigenvalue weighted by molar-refractivity contribution is -0.0102. The van der Waals surface area contributed by atoms with Gasteiger partial charge in [0.2, 0.25) is 0 Å². The molecule has 0 fully saturated rings. The van der Waals surface area contributed by atoms with Crippen LogP contribution >= 0.6 is 0 Å². The van der Waals surface area contributed by atoms with Gasteiger partial charge in [0.15, 0.2) is 11.5 Å². The number of hydrogen-bond donors (Lipinski definition) is 0. The molecule has 0 aromatic heterocycles. The van der Waals surface area contributed by atoms with E-state index in [9.17, 15) is 9.59 Å². The van der Waals surface area contributed by atoms with Gasteiger partial charge in [0.1, 0.15) is 6.10 Å². The second-order valence-corrected chi connectivity index (χ2v) is 5.66. The number of Topliss-reactive ketones (excluding diaryl/α,β-unsaturated/α-hetero) is 1. The van der Waals surface area contributed by atoms with E-state index < -0.39 is 11.8 Å². The van der Waals surface area contributed by atoms with Gasteiger partial charge in [0, 0.05) is 16.7 Å². The van der Waals surface area contributed by atoms with Crippen LogP contribution in [-0.2, 0) is 10.5 Å². The van der Waals surface area contributed by atoms with Gasteiger partial charge in [-0.15, -0.1) is 0 Å². The van der Waals surface area contributed by atoms with Gasteiger partial charge in [-0.2, -0.15) is 0 Å². The Bertz CT molecular complexity index is 885. The summed E-state index contributed by atoms with van der Waals surface area (Å²) in [6.07, 6.45) is 2.93. The lowest BCUT2D eigenvalue weighted by atomic mass is 9.99. The van der Waals surface area contributed by atoms with Crippen LogP contribution in [-0.4, -0.2) is 17.8 Å². The maximum atomic E-state index is 12.9. The Morgan fingerprint density at radius 2 is 1.68 bits per heavy atom. The van der Waals surface area contributed by atoms with Crippen molar-refractivity contribution >= 4 is 17.4 Å². The van der Waals surface area contributed by atoms with Crippen molar-refractivity contribution in [2.24, 2.45) is 0 Å². The minimum Gasteiger partial charge on any atom is -0.332 e. The summed E-state index contributed by atoms with van der Waals surface area (Å²) in [5, 5.41) is 0. The Labute approximate surface area is 126 Å². The summed E-state index contributed by atoms with van der Waals surface area (Å²) in [4.78, 5) is 27.2. The van der Waals surface area contributed by atoms with Crippen LogP contribution in [0, 0.1) is 0 Å². The first-order valence-corrected chi connectivity index (χ1v) is 7.17. The molecule has 2 atom stereocenters. The molecule has 22 heavy (non-hydrogen) atoms. The fourth-order valence-electron chi connectivity index (χ4n) is 3.60. The van der Waals surface area contributed by atoms with E-state index >= 15 is 0 Å². The monoisotopic (exact) mass is 289 g/mol. The Balaban J connectivity index is 1.88. The molecule has 3 aliphatic heterocycles. The average molecular weight is 289 g/mol. The lowest BCUT2D eigenvalue weighted by Crippen LogP contribution is -2.43. The second kappa shape index (κ2) is 3.72. The molecule has 2 bridgehead atoms. The standard InChI is InChI=1S/C18H11NO3/c20-16-12-6-2-4-8-14(12)19-17(21)11-5-1-3-7-13(11)18(19)10-9-15(16)22-18/h1-10,15H/t15-,18-/m0/s1. The number of para-hydroxylation sites is 1. The maximum absolute atomic E-state index is 12.9. The van der Waals surface area contributed by atoms with Crippen LogP contribution in [0.5, 0.6) is 0 Å². The number of nitrogens with zero attached hydrogens (tertiary/aromatic N) is 1. The van der Waals surface area contributed by atoms with Crippen molar-refractivity contribution in [2.45, 2.75) is 11.8 Å². The molecule has 2 aromatic rings.